The fourth-order valence-electron chi connectivity index (χ4n) is 12.6. The van der Waals surface area contributed by atoms with Crippen LogP contribution < -0.4 is 16.4 Å². The Morgan fingerprint density at radius 3 is 1.08 bits per heavy atom. The van der Waals surface area contributed by atoms with E-state index < -0.39 is 0 Å². The summed E-state index contributed by atoms with van der Waals surface area (Å²) in [6, 6.07) is 102. The minimum absolute atomic E-state index is 0.159. The van der Waals surface area contributed by atoms with Gasteiger partial charge < -0.3 is 9.13 Å². The number of aromatic nitrogens is 2. The van der Waals surface area contributed by atoms with Gasteiger partial charge in [-0.15, -0.1) is 22.7 Å². The van der Waals surface area contributed by atoms with E-state index in [9.17, 15) is 0 Å². The van der Waals surface area contributed by atoms with Crippen LogP contribution in [0, 0.1) is 0 Å². The van der Waals surface area contributed by atoms with Crippen molar-refractivity contribution in [3.63, 3.8) is 0 Å². The maximum Gasteiger partial charge on any atom is 0.242 e. The van der Waals surface area contributed by atoms with Crippen molar-refractivity contribution in [2.75, 3.05) is 0 Å². The van der Waals surface area contributed by atoms with Crippen LogP contribution in [0.4, 0.5) is 0 Å². The average Bonchev–Trinajstić information content (AvgIpc) is 4.36. The van der Waals surface area contributed by atoms with Gasteiger partial charge in [0.2, 0.25) is 6.71 Å². The van der Waals surface area contributed by atoms with Gasteiger partial charge in [-0.2, -0.15) is 0 Å². The van der Waals surface area contributed by atoms with E-state index in [1.54, 1.807) is 0 Å². The lowest BCUT2D eigenvalue weighted by Gasteiger charge is -2.25. The fourth-order valence-corrected chi connectivity index (χ4v) is 15.1. The molecule has 0 unspecified atom stereocenters. The molecule has 0 N–H and O–H groups in total. The van der Waals surface area contributed by atoms with Crippen molar-refractivity contribution in [3.05, 3.63) is 273 Å². The molecule has 12 aromatic carbocycles. The minimum Gasteiger partial charge on any atom is -0.308 e. The Kier molecular flexibility index (Phi) is 10.1. The second kappa shape index (κ2) is 17.7. The van der Waals surface area contributed by atoms with Crippen molar-refractivity contribution >= 4 is 130 Å². The fraction of sp³-hybridized carbons (Fsp3) is 0. The molecule has 0 aliphatic rings. The van der Waals surface area contributed by atoms with Crippen LogP contribution in [-0.4, -0.2) is 15.8 Å². The molecule has 0 spiro atoms. The highest BCUT2D eigenvalue weighted by Crippen LogP contribution is 2.45. The highest BCUT2D eigenvalue weighted by molar-refractivity contribution is 7.27. The molecule has 16 aromatic rings. The van der Waals surface area contributed by atoms with Crippen molar-refractivity contribution < 1.29 is 0 Å². The number of benzene rings is 12. The maximum absolute atomic E-state index is 2.51. The first kappa shape index (κ1) is 44.1. The molecule has 0 aliphatic heterocycles. The van der Waals surface area contributed by atoms with E-state index in [0.717, 1.165) is 11.4 Å². The molecule has 0 radical (unpaired) electrons. The van der Waals surface area contributed by atoms with Crippen LogP contribution in [0.25, 0.3) is 129 Å². The second-order valence-electron chi connectivity index (χ2n) is 20.3. The highest BCUT2D eigenvalue weighted by atomic mass is 32.1. The van der Waals surface area contributed by atoms with E-state index in [1.165, 1.54) is 134 Å². The molecule has 77 heavy (non-hydrogen) atoms. The molecule has 0 aliphatic carbocycles. The van der Waals surface area contributed by atoms with E-state index in [2.05, 4.69) is 282 Å². The van der Waals surface area contributed by atoms with E-state index in [-0.39, 0.29) is 6.71 Å². The monoisotopic (exact) mass is 1010 g/mol. The Bertz CT molecular complexity index is 4660. The van der Waals surface area contributed by atoms with Gasteiger partial charge in [0, 0.05) is 63.9 Å². The molecule has 4 heterocycles. The quantitative estimate of drug-likeness (QED) is 0.134. The Hall–Kier alpha value is -9.26. The van der Waals surface area contributed by atoms with Gasteiger partial charge in [-0.3, -0.25) is 0 Å². The first-order valence-electron chi connectivity index (χ1n) is 26.4. The topological polar surface area (TPSA) is 9.86 Å². The molecule has 0 fully saturated rings. The smallest absolute Gasteiger partial charge is 0.242 e. The van der Waals surface area contributed by atoms with E-state index in [4.69, 9.17) is 0 Å². The summed E-state index contributed by atoms with van der Waals surface area (Å²) in [5.41, 5.74) is 18.1. The van der Waals surface area contributed by atoms with Gasteiger partial charge in [-0.05, 0) is 94.0 Å². The first-order chi connectivity index (χ1) is 38.2. The number of rotatable bonds is 8. The number of fused-ring (bicyclic) bond motifs is 14. The van der Waals surface area contributed by atoms with Crippen LogP contribution in [0.1, 0.15) is 0 Å². The molecule has 4 aromatic heterocycles. The zero-order chi connectivity index (χ0) is 50.6. The van der Waals surface area contributed by atoms with Crippen molar-refractivity contribution in [3.8, 4) is 44.8 Å². The molecule has 0 atom stereocenters. The average molecular weight is 1010 g/mol. The third-order valence-corrected chi connectivity index (χ3v) is 18.5. The summed E-state index contributed by atoms with van der Waals surface area (Å²) in [6.07, 6.45) is 0. The van der Waals surface area contributed by atoms with Crippen molar-refractivity contribution in [1.82, 2.24) is 9.13 Å². The summed E-state index contributed by atoms with van der Waals surface area (Å²) in [6.45, 7) is -0.159. The number of nitrogens with zero attached hydrogens (tertiary/aromatic N) is 2. The summed E-state index contributed by atoms with van der Waals surface area (Å²) < 4.78 is 10.3. The maximum atomic E-state index is 2.51. The molecule has 0 amide bonds. The molecule has 0 saturated heterocycles. The van der Waals surface area contributed by atoms with E-state index in [0.29, 0.717) is 0 Å². The van der Waals surface area contributed by atoms with Crippen LogP contribution in [-0.2, 0) is 0 Å². The lowest BCUT2D eigenvalue weighted by atomic mass is 9.35. The van der Waals surface area contributed by atoms with Crippen LogP contribution in [0.5, 0.6) is 0 Å². The third kappa shape index (κ3) is 6.94. The number of thiophene rings is 2. The molecule has 0 bridgehead atoms. The number of para-hydroxylation sites is 2. The SMILES string of the molecule is c1ccc(-c2cc(-c3ccccc3)c(B(c3ccc(-n4c5ccccc5c5ccc6c7ccccc7sc6c54)cc3)c3ccc(-n4c5ccccc5c5ccc6c7ccccc7sc6c54)cc3)c(-c3ccccc3)c2)cc1. The van der Waals surface area contributed by atoms with Gasteiger partial charge in [-0.25, -0.2) is 0 Å². The third-order valence-electron chi connectivity index (χ3n) is 16.1. The van der Waals surface area contributed by atoms with Gasteiger partial charge in [0.25, 0.3) is 0 Å². The lowest BCUT2D eigenvalue weighted by Crippen LogP contribution is -2.53. The predicted octanol–water partition coefficient (Wildman–Crippen LogP) is 18.1. The van der Waals surface area contributed by atoms with Gasteiger partial charge >= 0.3 is 0 Å². The highest BCUT2D eigenvalue weighted by Gasteiger charge is 2.30. The standard InChI is InChI=1S/C72H45BN2S2/c1-4-18-46(19-5-1)49-44-62(47-20-6-2-7-21-47)68(63(45-49)48-22-8-3-9-23-48)73(50-32-36-52(37-33-50)74-64-28-14-10-24-54(64)58-40-42-60-56-26-12-16-30-66(56)76-71(60)69(58)74)51-34-38-53(39-35-51)75-65-29-15-11-25-55(65)59-41-43-61-57-27-13-17-31-67(57)77-72(61)70(59)75/h1-45H. The van der Waals surface area contributed by atoms with Crippen LogP contribution in [0.3, 0.4) is 0 Å². The Morgan fingerprint density at radius 1 is 0.273 bits per heavy atom. The van der Waals surface area contributed by atoms with Gasteiger partial charge in [0.15, 0.2) is 0 Å². The van der Waals surface area contributed by atoms with E-state index in [1.807, 2.05) is 22.7 Å². The summed E-state index contributed by atoms with van der Waals surface area (Å²) in [4.78, 5) is 0. The summed E-state index contributed by atoms with van der Waals surface area (Å²) in [7, 11) is 0. The summed E-state index contributed by atoms with van der Waals surface area (Å²) in [5, 5.41) is 10.3. The summed E-state index contributed by atoms with van der Waals surface area (Å²) >= 11 is 3.79. The van der Waals surface area contributed by atoms with Gasteiger partial charge in [0.1, 0.15) is 0 Å². The largest absolute Gasteiger partial charge is 0.308 e. The number of hydrogen-bond donors (Lipinski definition) is 0. The normalized spacial score (nSPS) is 11.9. The van der Waals surface area contributed by atoms with Crippen molar-refractivity contribution in [2.24, 2.45) is 0 Å². The van der Waals surface area contributed by atoms with Crippen LogP contribution in [0.15, 0.2) is 273 Å². The minimum atomic E-state index is -0.159. The summed E-state index contributed by atoms with van der Waals surface area (Å²) in [5.74, 6) is 0. The zero-order valence-electron chi connectivity index (χ0n) is 41.8. The van der Waals surface area contributed by atoms with Crippen LogP contribution >= 0.6 is 22.7 Å². The second-order valence-corrected chi connectivity index (χ2v) is 22.4. The molecule has 358 valence electrons. The molecule has 16 rings (SSSR count). The lowest BCUT2D eigenvalue weighted by molar-refractivity contribution is 1.19. The zero-order valence-corrected chi connectivity index (χ0v) is 43.4. The number of hydrogen-bond acceptors (Lipinski definition) is 2. The first-order valence-corrected chi connectivity index (χ1v) is 28.1. The molecule has 2 nitrogen and oxygen atoms in total. The van der Waals surface area contributed by atoms with Crippen LogP contribution in [0.2, 0.25) is 0 Å². The Balaban J connectivity index is 0.947. The van der Waals surface area contributed by atoms with Crippen molar-refractivity contribution in [2.45, 2.75) is 0 Å². The van der Waals surface area contributed by atoms with E-state index >= 15 is 0 Å². The predicted molar refractivity (Wildman–Crippen MR) is 335 cm³/mol. The molecule has 5 heteroatoms. The molecular formula is C72H45BN2S2. The van der Waals surface area contributed by atoms with Gasteiger partial charge in [0.05, 0.1) is 31.5 Å². The molecule has 0 saturated carbocycles. The Morgan fingerprint density at radius 2 is 0.636 bits per heavy atom. The van der Waals surface area contributed by atoms with Crippen molar-refractivity contribution in [1.29, 1.82) is 0 Å². The van der Waals surface area contributed by atoms with Gasteiger partial charge in [-0.1, -0.05) is 229 Å². The molecular weight excluding hydrogens is 968 g/mol. The Labute approximate surface area is 453 Å².